The maximum atomic E-state index is 5.65. The van der Waals surface area contributed by atoms with E-state index in [1.54, 1.807) is 12.7 Å². The Morgan fingerprint density at radius 3 is 2.87 bits per heavy atom. The van der Waals surface area contributed by atoms with E-state index in [0.717, 1.165) is 49.7 Å². The van der Waals surface area contributed by atoms with Crippen molar-refractivity contribution in [2.45, 2.75) is 46.8 Å². The molecule has 0 bridgehead atoms. The molecule has 2 aromatic rings. The Hall–Kier alpha value is -2.02. The number of fused-ring (bicyclic) bond motifs is 1. The minimum atomic E-state index is 0.551. The van der Waals surface area contributed by atoms with E-state index in [2.05, 4.69) is 38.8 Å². The summed E-state index contributed by atoms with van der Waals surface area (Å²) in [5, 5.41) is 4.34. The van der Waals surface area contributed by atoms with Gasteiger partial charge in [-0.15, -0.1) is 0 Å². The molecule has 0 N–H and O–H groups in total. The lowest BCUT2D eigenvalue weighted by Crippen LogP contribution is -2.32. The quantitative estimate of drug-likeness (QED) is 0.807. The van der Waals surface area contributed by atoms with E-state index >= 15 is 0 Å². The zero-order chi connectivity index (χ0) is 16.2. The second-order valence-corrected chi connectivity index (χ2v) is 6.25. The third-order valence-electron chi connectivity index (χ3n) is 3.92. The summed E-state index contributed by atoms with van der Waals surface area (Å²) in [6.07, 6.45) is 4.15. The van der Waals surface area contributed by atoms with Crippen LogP contribution in [0.3, 0.4) is 0 Å². The van der Waals surface area contributed by atoms with Crippen molar-refractivity contribution >= 4 is 0 Å². The summed E-state index contributed by atoms with van der Waals surface area (Å²) in [4.78, 5) is 15.5. The Morgan fingerprint density at radius 1 is 1.22 bits per heavy atom. The van der Waals surface area contributed by atoms with Gasteiger partial charge in [-0.05, 0) is 12.8 Å². The van der Waals surface area contributed by atoms with Crippen LogP contribution < -0.4 is 4.74 Å². The van der Waals surface area contributed by atoms with Gasteiger partial charge in [0.25, 0.3) is 0 Å². The molecule has 7 heteroatoms. The number of ether oxygens (including phenoxy) is 1. The van der Waals surface area contributed by atoms with Crippen LogP contribution in [-0.4, -0.2) is 42.8 Å². The highest BCUT2D eigenvalue weighted by atomic mass is 16.5. The van der Waals surface area contributed by atoms with Crippen molar-refractivity contribution in [1.29, 1.82) is 0 Å². The van der Waals surface area contributed by atoms with Crippen LogP contribution in [0, 0.1) is 5.92 Å². The average Bonchev–Trinajstić information content (AvgIpc) is 2.94. The fraction of sp³-hybridized carbons (Fsp3) is 0.625. The van der Waals surface area contributed by atoms with E-state index < -0.39 is 0 Å². The molecule has 0 fully saturated rings. The topological polar surface area (TPSA) is 69.0 Å². The first kappa shape index (κ1) is 15.9. The minimum absolute atomic E-state index is 0.551. The molecule has 0 atom stereocenters. The van der Waals surface area contributed by atoms with E-state index in [0.29, 0.717) is 18.4 Å². The van der Waals surface area contributed by atoms with Crippen LogP contribution in [0.4, 0.5) is 0 Å². The largest absolute Gasteiger partial charge is 0.478 e. The molecule has 124 valence electrons. The Morgan fingerprint density at radius 2 is 2.09 bits per heavy atom. The van der Waals surface area contributed by atoms with E-state index in [-0.39, 0.29) is 0 Å². The van der Waals surface area contributed by atoms with Crippen LogP contribution in [0.15, 0.2) is 12.7 Å². The molecule has 1 aliphatic heterocycles. The van der Waals surface area contributed by atoms with E-state index in [4.69, 9.17) is 4.74 Å². The maximum Gasteiger partial charge on any atom is 0.221 e. The molecular formula is C16H24N6O. The van der Waals surface area contributed by atoms with Gasteiger partial charge in [0.2, 0.25) is 5.88 Å². The number of aromatic nitrogens is 5. The normalized spacial score (nSPS) is 15.0. The van der Waals surface area contributed by atoms with Crippen LogP contribution in [-0.2, 0) is 26.1 Å². The molecule has 2 aromatic heterocycles. The van der Waals surface area contributed by atoms with Crippen molar-refractivity contribution in [3.63, 3.8) is 0 Å². The van der Waals surface area contributed by atoms with Gasteiger partial charge in [-0.3, -0.25) is 4.90 Å². The summed E-state index contributed by atoms with van der Waals surface area (Å²) in [5.41, 5.74) is 2.21. The van der Waals surface area contributed by atoms with Crippen molar-refractivity contribution in [2.75, 3.05) is 13.2 Å². The zero-order valence-corrected chi connectivity index (χ0v) is 14.1. The van der Waals surface area contributed by atoms with Gasteiger partial charge in [0.15, 0.2) is 0 Å². The van der Waals surface area contributed by atoms with Crippen molar-refractivity contribution in [3.05, 3.63) is 29.7 Å². The van der Waals surface area contributed by atoms with Gasteiger partial charge < -0.3 is 4.74 Å². The third kappa shape index (κ3) is 3.67. The molecule has 0 aromatic carbocycles. The molecule has 0 saturated heterocycles. The van der Waals surface area contributed by atoms with E-state index in [1.165, 1.54) is 0 Å². The first-order valence-corrected chi connectivity index (χ1v) is 8.22. The van der Waals surface area contributed by atoms with Gasteiger partial charge in [0, 0.05) is 31.6 Å². The molecule has 3 rings (SSSR count). The van der Waals surface area contributed by atoms with E-state index in [9.17, 15) is 0 Å². The molecule has 0 amide bonds. The maximum absolute atomic E-state index is 5.65. The van der Waals surface area contributed by atoms with Crippen molar-refractivity contribution in [1.82, 2.24) is 29.6 Å². The molecular weight excluding hydrogens is 292 g/mol. The molecule has 0 saturated carbocycles. The average molecular weight is 316 g/mol. The third-order valence-corrected chi connectivity index (χ3v) is 3.92. The lowest BCUT2D eigenvalue weighted by atomic mass is 10.1. The molecule has 3 heterocycles. The Kier molecular flexibility index (Phi) is 4.85. The molecule has 1 aliphatic rings. The van der Waals surface area contributed by atoms with Crippen LogP contribution in [0.25, 0.3) is 0 Å². The van der Waals surface area contributed by atoms with E-state index in [1.807, 2.05) is 11.6 Å². The summed E-state index contributed by atoms with van der Waals surface area (Å²) in [7, 11) is 0. The Bertz CT molecular complexity index is 654. The van der Waals surface area contributed by atoms with Gasteiger partial charge in [-0.25, -0.2) is 19.6 Å². The van der Waals surface area contributed by atoms with Crippen LogP contribution >= 0.6 is 0 Å². The summed E-state index contributed by atoms with van der Waals surface area (Å²) in [6.45, 7) is 10.4. The highest BCUT2D eigenvalue weighted by Gasteiger charge is 2.23. The molecule has 7 nitrogen and oxygen atoms in total. The highest BCUT2D eigenvalue weighted by molar-refractivity contribution is 5.31. The van der Waals surface area contributed by atoms with Gasteiger partial charge >= 0.3 is 0 Å². The second-order valence-electron chi connectivity index (χ2n) is 6.25. The first-order chi connectivity index (χ1) is 11.2. The lowest BCUT2D eigenvalue weighted by molar-refractivity contribution is 0.221. The van der Waals surface area contributed by atoms with Crippen LogP contribution in [0.5, 0.6) is 5.88 Å². The lowest BCUT2D eigenvalue weighted by Gasteiger charge is -2.28. The fourth-order valence-electron chi connectivity index (χ4n) is 2.88. The first-order valence-electron chi connectivity index (χ1n) is 8.22. The molecule has 0 radical (unpaired) electrons. The summed E-state index contributed by atoms with van der Waals surface area (Å²) >= 11 is 0. The zero-order valence-electron chi connectivity index (χ0n) is 14.1. The molecule has 0 spiro atoms. The number of hydrogen-bond donors (Lipinski definition) is 0. The minimum Gasteiger partial charge on any atom is -0.478 e. The van der Waals surface area contributed by atoms with Crippen LogP contribution in [0.1, 0.15) is 37.9 Å². The molecule has 23 heavy (non-hydrogen) atoms. The molecule has 0 aliphatic carbocycles. The van der Waals surface area contributed by atoms with Crippen molar-refractivity contribution < 1.29 is 4.74 Å². The summed E-state index contributed by atoms with van der Waals surface area (Å²) in [6, 6.07) is 0. The summed E-state index contributed by atoms with van der Waals surface area (Å²) in [5.74, 6) is 2.28. The number of nitrogens with zero attached hydrogens (tertiary/aromatic N) is 6. The van der Waals surface area contributed by atoms with Gasteiger partial charge in [0.05, 0.1) is 18.8 Å². The summed E-state index contributed by atoms with van der Waals surface area (Å²) < 4.78 is 7.66. The number of hydrogen-bond acceptors (Lipinski definition) is 6. The monoisotopic (exact) mass is 316 g/mol. The van der Waals surface area contributed by atoms with Gasteiger partial charge in [0.1, 0.15) is 18.5 Å². The second kappa shape index (κ2) is 7.04. The Balaban J connectivity index is 1.74. The van der Waals surface area contributed by atoms with Crippen molar-refractivity contribution in [3.8, 4) is 5.88 Å². The SMILES string of the molecule is CCOc1ncnc2c1CN(Cc1ncnn1CC(C)C)CC2. The predicted molar refractivity (Wildman–Crippen MR) is 85.9 cm³/mol. The van der Waals surface area contributed by atoms with Crippen molar-refractivity contribution in [2.24, 2.45) is 5.92 Å². The standard InChI is InChI=1S/C16H24N6O/c1-4-23-16-13-8-21(6-5-14(13)17-10-19-16)9-15-18-11-20-22(15)7-12(2)3/h10-12H,4-9H2,1-3H3. The van der Waals surface area contributed by atoms with Gasteiger partial charge in [-0.1, -0.05) is 13.8 Å². The fourth-order valence-corrected chi connectivity index (χ4v) is 2.88. The van der Waals surface area contributed by atoms with Crippen LogP contribution in [0.2, 0.25) is 0 Å². The predicted octanol–water partition coefficient (Wildman–Crippen LogP) is 1.68. The highest BCUT2D eigenvalue weighted by Crippen LogP contribution is 2.25. The van der Waals surface area contributed by atoms with Gasteiger partial charge in [-0.2, -0.15) is 5.10 Å². The molecule has 0 unspecified atom stereocenters. The smallest absolute Gasteiger partial charge is 0.221 e. The number of rotatable bonds is 6. The Labute approximate surface area is 136 Å².